The molecule has 0 bridgehead atoms. The number of anilines is 2. The molecule has 1 saturated heterocycles. The molecule has 1 amide bonds. The predicted octanol–water partition coefficient (Wildman–Crippen LogP) is 4.12. The molecule has 1 heterocycles. The number of hydrogen-bond acceptors (Lipinski definition) is 3. The number of nitrogens with zero attached hydrogens (tertiary/aromatic N) is 2. The summed E-state index contributed by atoms with van der Waals surface area (Å²) in [5, 5.41) is 2.60. The molecule has 0 unspecified atom stereocenters. The Labute approximate surface area is 160 Å². The van der Waals surface area contributed by atoms with Gasteiger partial charge >= 0.3 is 6.18 Å². The molecule has 3 rings (SSSR count). The Balaban J connectivity index is 1.57. The number of alkyl halides is 3. The number of para-hydroxylation sites is 1. The third-order valence-electron chi connectivity index (χ3n) is 4.47. The molecule has 8 heteroatoms. The maximum Gasteiger partial charge on any atom is 0.418 e. The van der Waals surface area contributed by atoms with E-state index in [1.807, 2.05) is 30.3 Å². The first-order valence-electron chi connectivity index (χ1n) is 8.53. The fraction of sp³-hybridized carbons (Fsp3) is 0.316. The second kappa shape index (κ2) is 8.08. The molecule has 144 valence electrons. The highest BCUT2D eigenvalue weighted by Crippen LogP contribution is 2.36. The predicted molar refractivity (Wildman–Crippen MR) is 100 cm³/mol. The quantitative estimate of drug-likeness (QED) is 0.843. The lowest BCUT2D eigenvalue weighted by atomic mass is 10.1. The number of rotatable bonds is 4. The van der Waals surface area contributed by atoms with Crippen LogP contribution >= 0.6 is 11.6 Å². The fourth-order valence-electron chi connectivity index (χ4n) is 3.04. The average Bonchev–Trinajstić information content (AvgIpc) is 2.67. The number of carbonyl (C=O) groups is 1. The number of halogens is 4. The van der Waals surface area contributed by atoms with E-state index in [2.05, 4.69) is 10.2 Å². The van der Waals surface area contributed by atoms with Gasteiger partial charge in [0.05, 0.1) is 12.1 Å². The van der Waals surface area contributed by atoms with Crippen LogP contribution in [0.3, 0.4) is 0 Å². The first-order chi connectivity index (χ1) is 12.8. The van der Waals surface area contributed by atoms with E-state index in [4.69, 9.17) is 11.6 Å². The van der Waals surface area contributed by atoms with Gasteiger partial charge in [-0.1, -0.05) is 29.8 Å². The second-order valence-corrected chi connectivity index (χ2v) is 6.68. The van der Waals surface area contributed by atoms with Crippen molar-refractivity contribution in [2.24, 2.45) is 0 Å². The van der Waals surface area contributed by atoms with Gasteiger partial charge in [-0.3, -0.25) is 4.79 Å². The largest absolute Gasteiger partial charge is 0.418 e. The monoisotopic (exact) mass is 397 g/mol. The van der Waals surface area contributed by atoms with E-state index in [9.17, 15) is 18.0 Å². The minimum absolute atomic E-state index is 0.00349. The summed E-state index contributed by atoms with van der Waals surface area (Å²) in [7, 11) is 0. The van der Waals surface area contributed by atoms with Gasteiger partial charge in [-0.05, 0) is 30.3 Å². The Morgan fingerprint density at radius 2 is 1.70 bits per heavy atom. The van der Waals surface area contributed by atoms with Crippen LogP contribution in [0.4, 0.5) is 24.5 Å². The van der Waals surface area contributed by atoms with Gasteiger partial charge in [0, 0.05) is 42.6 Å². The molecule has 1 aliphatic heterocycles. The Bertz CT molecular complexity index is 791. The van der Waals surface area contributed by atoms with Crippen LogP contribution in [0.15, 0.2) is 48.5 Å². The van der Waals surface area contributed by atoms with E-state index < -0.39 is 11.7 Å². The summed E-state index contributed by atoms with van der Waals surface area (Å²) in [5.41, 5.74) is 0.0681. The van der Waals surface area contributed by atoms with Crippen LogP contribution in [0.2, 0.25) is 5.02 Å². The van der Waals surface area contributed by atoms with Gasteiger partial charge in [-0.2, -0.15) is 13.2 Å². The molecule has 0 atom stereocenters. The minimum Gasteiger partial charge on any atom is -0.376 e. The van der Waals surface area contributed by atoms with Gasteiger partial charge in [-0.15, -0.1) is 0 Å². The Kier molecular flexibility index (Phi) is 5.79. The molecule has 1 N–H and O–H groups in total. The first-order valence-corrected chi connectivity index (χ1v) is 8.91. The van der Waals surface area contributed by atoms with Crippen LogP contribution < -0.4 is 10.2 Å². The number of carbonyl (C=O) groups excluding carboxylic acids is 1. The van der Waals surface area contributed by atoms with Crippen molar-refractivity contribution in [3.63, 3.8) is 0 Å². The van der Waals surface area contributed by atoms with E-state index >= 15 is 0 Å². The Morgan fingerprint density at radius 3 is 2.33 bits per heavy atom. The van der Waals surface area contributed by atoms with Crippen LogP contribution in [0.5, 0.6) is 0 Å². The summed E-state index contributed by atoms with van der Waals surface area (Å²) in [5.74, 6) is -0.231. The maximum atomic E-state index is 13.1. The van der Waals surface area contributed by atoms with E-state index in [0.29, 0.717) is 26.2 Å². The second-order valence-electron chi connectivity index (χ2n) is 6.24. The first kappa shape index (κ1) is 19.4. The van der Waals surface area contributed by atoms with E-state index in [1.54, 1.807) is 4.90 Å². The molecule has 1 fully saturated rings. The summed E-state index contributed by atoms with van der Waals surface area (Å²) >= 11 is 5.66. The number of hydrogen-bond donors (Lipinski definition) is 1. The highest BCUT2D eigenvalue weighted by atomic mass is 35.5. The molecule has 0 aromatic heterocycles. The average molecular weight is 398 g/mol. The normalized spacial score (nSPS) is 15.0. The number of nitrogens with one attached hydrogen (secondary N) is 1. The zero-order valence-corrected chi connectivity index (χ0v) is 15.2. The summed E-state index contributed by atoms with van der Waals surface area (Å²) in [6.45, 7) is 2.23. The van der Waals surface area contributed by atoms with Gasteiger partial charge in [0.25, 0.3) is 0 Å². The molecule has 0 radical (unpaired) electrons. The van der Waals surface area contributed by atoms with Crippen LogP contribution in [0.1, 0.15) is 5.56 Å². The van der Waals surface area contributed by atoms with Crippen LogP contribution in [-0.2, 0) is 11.0 Å². The molecule has 0 saturated carbocycles. The SMILES string of the molecule is O=C(CNc1ccc(Cl)cc1C(F)(F)F)N1CCN(c2ccccc2)CC1. The topological polar surface area (TPSA) is 35.6 Å². The molecule has 0 aliphatic carbocycles. The smallest absolute Gasteiger partial charge is 0.376 e. The Hall–Kier alpha value is -2.41. The van der Waals surface area contributed by atoms with Crippen LogP contribution in [0.25, 0.3) is 0 Å². The van der Waals surface area contributed by atoms with Gasteiger partial charge in [0.15, 0.2) is 0 Å². The minimum atomic E-state index is -4.54. The number of piperazine rings is 1. The Morgan fingerprint density at radius 1 is 1.04 bits per heavy atom. The van der Waals surface area contributed by atoms with Crippen molar-refractivity contribution in [1.82, 2.24) is 4.90 Å². The lowest BCUT2D eigenvalue weighted by Gasteiger charge is -2.36. The van der Waals surface area contributed by atoms with Crippen LogP contribution in [-0.4, -0.2) is 43.5 Å². The lowest BCUT2D eigenvalue weighted by molar-refractivity contribution is -0.137. The zero-order chi connectivity index (χ0) is 19.4. The van der Waals surface area contributed by atoms with E-state index in [-0.39, 0.29) is 23.2 Å². The molecule has 2 aromatic rings. The summed E-state index contributed by atoms with van der Waals surface area (Å²) in [6.07, 6.45) is -4.54. The molecular weight excluding hydrogens is 379 g/mol. The van der Waals surface area contributed by atoms with Crippen molar-refractivity contribution in [3.8, 4) is 0 Å². The summed E-state index contributed by atoms with van der Waals surface area (Å²) in [6, 6.07) is 13.3. The molecule has 1 aliphatic rings. The van der Waals surface area contributed by atoms with Crippen molar-refractivity contribution in [3.05, 3.63) is 59.1 Å². The third-order valence-corrected chi connectivity index (χ3v) is 4.71. The standard InChI is InChI=1S/C19H19ClF3N3O/c20-14-6-7-17(16(12-14)19(21,22)23)24-13-18(27)26-10-8-25(9-11-26)15-4-2-1-3-5-15/h1-7,12,24H,8-11,13H2. The molecule has 0 spiro atoms. The van der Waals surface area contributed by atoms with Crippen molar-refractivity contribution in [2.75, 3.05) is 42.9 Å². The maximum absolute atomic E-state index is 13.1. The van der Waals surface area contributed by atoms with Crippen molar-refractivity contribution in [1.29, 1.82) is 0 Å². The van der Waals surface area contributed by atoms with Crippen molar-refractivity contribution in [2.45, 2.75) is 6.18 Å². The van der Waals surface area contributed by atoms with Crippen LogP contribution in [0, 0.1) is 0 Å². The van der Waals surface area contributed by atoms with E-state index in [1.165, 1.54) is 12.1 Å². The van der Waals surface area contributed by atoms with Gasteiger partial charge in [-0.25, -0.2) is 0 Å². The highest BCUT2D eigenvalue weighted by Gasteiger charge is 2.34. The molecule has 2 aromatic carbocycles. The third kappa shape index (κ3) is 4.86. The fourth-order valence-corrected chi connectivity index (χ4v) is 3.21. The molecule has 4 nitrogen and oxygen atoms in total. The number of benzene rings is 2. The van der Waals surface area contributed by atoms with Gasteiger partial charge in [0.2, 0.25) is 5.91 Å². The molecule has 27 heavy (non-hydrogen) atoms. The van der Waals surface area contributed by atoms with Gasteiger partial charge in [0.1, 0.15) is 0 Å². The van der Waals surface area contributed by atoms with E-state index in [0.717, 1.165) is 11.8 Å². The molecular formula is C19H19ClF3N3O. The highest BCUT2D eigenvalue weighted by molar-refractivity contribution is 6.30. The summed E-state index contributed by atoms with van der Waals surface area (Å²) in [4.78, 5) is 16.2. The van der Waals surface area contributed by atoms with Crippen molar-refractivity contribution < 1.29 is 18.0 Å². The number of amides is 1. The van der Waals surface area contributed by atoms with Crippen molar-refractivity contribution >= 4 is 28.9 Å². The van der Waals surface area contributed by atoms with Gasteiger partial charge < -0.3 is 15.1 Å². The lowest BCUT2D eigenvalue weighted by Crippen LogP contribution is -2.50. The summed E-state index contributed by atoms with van der Waals surface area (Å²) < 4.78 is 39.3. The zero-order valence-electron chi connectivity index (χ0n) is 14.5.